The number of urea groups is 1. The molecular formula is C26H21N5O4. The summed E-state index contributed by atoms with van der Waals surface area (Å²) in [5, 5.41) is 28.1. The van der Waals surface area contributed by atoms with Gasteiger partial charge in [-0.15, -0.1) is 5.11 Å². The number of benzene rings is 3. The van der Waals surface area contributed by atoms with Crippen LogP contribution in [0.5, 0.6) is 11.5 Å². The number of rotatable bonds is 4. The predicted octanol–water partition coefficient (Wildman–Crippen LogP) is 6.11. The van der Waals surface area contributed by atoms with Gasteiger partial charge in [0.25, 0.3) is 5.91 Å². The summed E-state index contributed by atoms with van der Waals surface area (Å²) < 4.78 is 5.22. The van der Waals surface area contributed by atoms with Crippen LogP contribution in [0.25, 0.3) is 33.3 Å². The van der Waals surface area contributed by atoms with Crippen LogP contribution in [0.15, 0.2) is 77.0 Å². The number of aromatic hydroxyl groups is 1. The van der Waals surface area contributed by atoms with Gasteiger partial charge in [0.05, 0.1) is 35.1 Å². The number of aromatic amines is 2. The molecule has 9 heteroatoms. The number of azo groups is 1. The normalized spacial score (nSPS) is 11.4. The zero-order valence-corrected chi connectivity index (χ0v) is 18.9. The van der Waals surface area contributed by atoms with Gasteiger partial charge in [-0.05, 0) is 49.4 Å². The van der Waals surface area contributed by atoms with E-state index in [1.807, 2.05) is 37.3 Å². The summed E-state index contributed by atoms with van der Waals surface area (Å²) in [4.78, 5) is 24.6. The molecule has 3 amide bonds. The van der Waals surface area contributed by atoms with Gasteiger partial charge in [0.2, 0.25) is 0 Å². The average molecular weight is 467 g/mol. The maximum atomic E-state index is 12.4. The van der Waals surface area contributed by atoms with Crippen LogP contribution >= 0.6 is 0 Å². The van der Waals surface area contributed by atoms with Crippen molar-refractivity contribution < 1.29 is 19.4 Å². The number of carbonyl (C=O) groups excluding carboxylic acids is 2. The zero-order chi connectivity index (χ0) is 24.5. The lowest BCUT2D eigenvalue weighted by atomic mass is 10.1. The minimum Gasteiger partial charge on any atom is -0.506 e. The third kappa shape index (κ3) is 3.99. The minimum absolute atomic E-state index is 0.00175. The number of hydrogen-bond acceptors (Lipinski definition) is 4. The van der Waals surface area contributed by atoms with Gasteiger partial charge in [0.15, 0.2) is 0 Å². The highest BCUT2D eigenvalue weighted by Crippen LogP contribution is 2.49. The number of nitrogens with one attached hydrogen (secondary N) is 3. The molecule has 0 radical (unpaired) electrons. The van der Waals surface area contributed by atoms with Gasteiger partial charge in [-0.3, -0.25) is 15.0 Å². The van der Waals surface area contributed by atoms with Crippen LogP contribution in [0.1, 0.15) is 15.9 Å². The molecule has 0 fully saturated rings. The molecule has 174 valence electrons. The molecule has 0 atom stereocenters. The molecule has 0 saturated carbocycles. The fourth-order valence-electron chi connectivity index (χ4n) is 4.02. The summed E-state index contributed by atoms with van der Waals surface area (Å²) in [7, 11) is 1.60. The van der Waals surface area contributed by atoms with E-state index in [1.165, 1.54) is 0 Å². The molecule has 1 aliphatic carbocycles. The van der Waals surface area contributed by atoms with Crippen LogP contribution in [0, 0.1) is 6.92 Å². The van der Waals surface area contributed by atoms with E-state index >= 15 is 0 Å². The number of carbonyl (C=O) groups is 2. The highest BCUT2D eigenvalue weighted by Gasteiger charge is 2.26. The fourth-order valence-corrected chi connectivity index (χ4v) is 4.02. The van der Waals surface area contributed by atoms with Gasteiger partial charge < -0.3 is 15.2 Å². The molecule has 0 bridgehead atoms. The van der Waals surface area contributed by atoms with Crippen molar-refractivity contribution in [1.29, 1.82) is 0 Å². The van der Waals surface area contributed by atoms with Crippen molar-refractivity contribution in [2.75, 3.05) is 12.4 Å². The molecule has 9 nitrogen and oxygen atoms in total. The number of aryl methyl sites for hydroxylation is 1. The Balaban J connectivity index is 1.45. The van der Waals surface area contributed by atoms with Crippen LogP contribution in [0.4, 0.5) is 10.5 Å². The van der Waals surface area contributed by atoms with Gasteiger partial charge in [-0.25, -0.2) is 4.79 Å². The molecule has 3 aromatic carbocycles. The number of aromatic nitrogens is 2. The van der Waals surface area contributed by atoms with E-state index in [1.54, 1.807) is 43.5 Å². The summed E-state index contributed by atoms with van der Waals surface area (Å²) in [6, 6.07) is 18.6. The van der Waals surface area contributed by atoms with Gasteiger partial charge in [-0.1, -0.05) is 34.9 Å². The van der Waals surface area contributed by atoms with E-state index in [-0.39, 0.29) is 5.75 Å². The van der Waals surface area contributed by atoms with Crippen molar-refractivity contribution in [3.63, 3.8) is 0 Å². The van der Waals surface area contributed by atoms with Crippen LogP contribution in [-0.4, -0.2) is 34.4 Å². The summed E-state index contributed by atoms with van der Waals surface area (Å²) in [6.07, 6.45) is 0. The summed E-state index contributed by atoms with van der Waals surface area (Å²) in [6.45, 7) is 1.90. The smallest absolute Gasteiger partial charge is 0.364 e. The molecule has 1 heterocycles. The van der Waals surface area contributed by atoms with Crippen LogP contribution in [-0.2, 0) is 0 Å². The SMILES string of the molecule is COc1ccc(-c2[nH][nH]c3c4cccc(NC(=O)N=NC(=O)c5ccc(C)cc5)c4c(O)c2-3)cc1. The van der Waals surface area contributed by atoms with E-state index < -0.39 is 11.9 Å². The van der Waals surface area contributed by atoms with Gasteiger partial charge in [0, 0.05) is 16.5 Å². The molecule has 0 unspecified atom stereocenters. The number of amides is 3. The lowest BCUT2D eigenvalue weighted by Crippen LogP contribution is -2.06. The summed E-state index contributed by atoms with van der Waals surface area (Å²) >= 11 is 0. The molecule has 4 N–H and O–H groups in total. The van der Waals surface area contributed by atoms with Crippen molar-refractivity contribution >= 4 is 28.4 Å². The average Bonchev–Trinajstić information content (AvgIpc) is 3.43. The number of nitrogens with zero attached hydrogens (tertiary/aromatic N) is 2. The Morgan fingerprint density at radius 2 is 1.63 bits per heavy atom. The van der Waals surface area contributed by atoms with Crippen LogP contribution < -0.4 is 10.1 Å². The molecule has 2 aliphatic rings. The second-order valence-electron chi connectivity index (χ2n) is 7.98. The maximum absolute atomic E-state index is 12.4. The first-order valence-electron chi connectivity index (χ1n) is 10.8. The maximum Gasteiger partial charge on any atom is 0.364 e. The fraction of sp³-hybridized carbons (Fsp3) is 0.0769. The summed E-state index contributed by atoms with van der Waals surface area (Å²) in [5.41, 5.74) is 4.49. The van der Waals surface area contributed by atoms with Gasteiger partial charge in [0.1, 0.15) is 11.5 Å². The first-order valence-corrected chi connectivity index (χ1v) is 10.8. The van der Waals surface area contributed by atoms with Gasteiger partial charge >= 0.3 is 6.03 Å². The molecule has 3 aromatic rings. The molecule has 5 rings (SSSR count). The Kier molecular flexibility index (Phi) is 5.50. The first kappa shape index (κ1) is 21.9. The molecular weight excluding hydrogens is 446 g/mol. The van der Waals surface area contributed by atoms with Crippen molar-refractivity contribution in [3.05, 3.63) is 77.9 Å². The van der Waals surface area contributed by atoms with E-state index in [0.29, 0.717) is 39.0 Å². The lowest BCUT2D eigenvalue weighted by Gasteiger charge is -2.05. The van der Waals surface area contributed by atoms with Gasteiger partial charge in [-0.2, -0.15) is 0 Å². The topological polar surface area (TPSA) is 132 Å². The predicted molar refractivity (Wildman–Crippen MR) is 132 cm³/mol. The second-order valence-corrected chi connectivity index (χ2v) is 7.98. The Hall–Kier alpha value is -4.92. The molecule has 0 aromatic heterocycles. The number of ether oxygens (including phenoxy) is 1. The Labute approximate surface area is 199 Å². The number of fused-ring (bicyclic) bond motifs is 3. The minimum atomic E-state index is -0.829. The zero-order valence-electron chi connectivity index (χ0n) is 18.9. The number of hydrogen-bond donors (Lipinski definition) is 4. The third-order valence-electron chi connectivity index (χ3n) is 5.77. The largest absolute Gasteiger partial charge is 0.506 e. The van der Waals surface area contributed by atoms with Crippen LogP contribution in [0.3, 0.4) is 0 Å². The summed E-state index contributed by atoms with van der Waals surface area (Å²) in [5.74, 6) is 0.0989. The van der Waals surface area contributed by atoms with Crippen LogP contribution in [0.2, 0.25) is 0 Å². The highest BCUT2D eigenvalue weighted by atomic mass is 16.5. The van der Waals surface area contributed by atoms with Crippen molar-refractivity contribution in [3.8, 4) is 34.0 Å². The Morgan fingerprint density at radius 1 is 0.914 bits per heavy atom. The number of methoxy groups -OCH3 is 1. The molecule has 35 heavy (non-hydrogen) atoms. The first-order chi connectivity index (χ1) is 17.0. The molecule has 1 aliphatic heterocycles. The monoisotopic (exact) mass is 467 g/mol. The van der Waals surface area contributed by atoms with Crippen molar-refractivity contribution in [1.82, 2.24) is 10.2 Å². The quantitative estimate of drug-likeness (QED) is 0.237. The molecule has 0 spiro atoms. The number of anilines is 1. The standard InChI is InChI=1S/C26H21N5O4/c1-14-6-8-16(9-7-14)25(33)30-31-26(34)27-19-5-3-4-18-20(19)24(32)21-22(28-29-23(18)21)15-10-12-17(35-2)13-11-15/h3-13,28-29,32H,1-2H3,(H,27,34). The van der Waals surface area contributed by atoms with Crippen molar-refractivity contribution in [2.45, 2.75) is 6.92 Å². The second kappa shape index (κ2) is 8.79. The lowest BCUT2D eigenvalue weighted by molar-refractivity contribution is 0.0994. The van der Waals surface area contributed by atoms with E-state index in [2.05, 4.69) is 25.7 Å². The third-order valence-corrected chi connectivity index (χ3v) is 5.77. The van der Waals surface area contributed by atoms with Crippen molar-refractivity contribution in [2.24, 2.45) is 10.2 Å². The van der Waals surface area contributed by atoms with E-state index in [0.717, 1.165) is 16.9 Å². The number of H-pyrrole nitrogens is 2. The van der Waals surface area contributed by atoms with E-state index in [9.17, 15) is 14.7 Å². The molecule has 0 saturated heterocycles. The Morgan fingerprint density at radius 3 is 2.34 bits per heavy atom. The highest BCUT2D eigenvalue weighted by molar-refractivity contribution is 6.16. The Bertz CT molecular complexity index is 1550. The van der Waals surface area contributed by atoms with E-state index in [4.69, 9.17) is 4.74 Å².